The number of aryl methyl sites for hydroxylation is 2. The maximum atomic E-state index is 10.3. The van der Waals surface area contributed by atoms with Gasteiger partial charge in [-0.15, -0.1) is 10.2 Å². The van der Waals surface area contributed by atoms with Crippen LogP contribution in [0.3, 0.4) is 0 Å². The first-order valence-corrected chi connectivity index (χ1v) is 6.35. The summed E-state index contributed by atoms with van der Waals surface area (Å²) in [6.07, 6.45) is 1.20. The van der Waals surface area contributed by atoms with E-state index in [1.165, 1.54) is 0 Å². The second-order valence-corrected chi connectivity index (χ2v) is 4.34. The van der Waals surface area contributed by atoms with Gasteiger partial charge in [-0.2, -0.15) is 0 Å². The first-order chi connectivity index (χ1) is 9.65. The number of anilines is 1. The van der Waals surface area contributed by atoms with Crippen LogP contribution in [0.1, 0.15) is 17.9 Å². The van der Waals surface area contributed by atoms with Gasteiger partial charge in [-0.05, 0) is 24.6 Å². The van der Waals surface area contributed by atoms with Crippen LogP contribution in [0.2, 0.25) is 0 Å². The normalized spacial score (nSPS) is 10.3. The van der Waals surface area contributed by atoms with Gasteiger partial charge >= 0.3 is 0 Å². The van der Waals surface area contributed by atoms with Gasteiger partial charge in [-0.25, -0.2) is 0 Å². The smallest absolute Gasteiger partial charge is 0.248 e. The summed E-state index contributed by atoms with van der Waals surface area (Å²) in [7, 11) is 1.81. The highest BCUT2D eigenvalue weighted by Crippen LogP contribution is 2.33. The Balaban J connectivity index is 2.34. The lowest BCUT2D eigenvalue weighted by Gasteiger charge is -2.13. The molecule has 1 heterocycles. The number of aldehydes is 1. The zero-order chi connectivity index (χ0) is 14.5. The Morgan fingerprint density at radius 2 is 2.15 bits per heavy atom. The topological polar surface area (TPSA) is 77.2 Å². The minimum Gasteiger partial charge on any atom is -0.491 e. The molecule has 0 radical (unpaired) electrons. The summed E-state index contributed by atoms with van der Waals surface area (Å²) < 4.78 is 11.0. The standard InChI is InChI=1S/C14H17N3O3/c1-9-7-13(19-6-4-5-18)12(15-3)8-11(9)14-17-16-10(2)20-14/h5,7-8,15H,4,6H2,1-3H3. The van der Waals surface area contributed by atoms with Crippen LogP contribution in [-0.4, -0.2) is 30.1 Å². The number of rotatable bonds is 6. The Hall–Kier alpha value is -2.37. The number of nitrogens with zero attached hydrogens (tertiary/aromatic N) is 2. The SMILES string of the molecule is CNc1cc(-c2nnc(C)o2)c(C)cc1OCCC=O. The largest absolute Gasteiger partial charge is 0.491 e. The van der Waals surface area contributed by atoms with Crippen LogP contribution in [0.5, 0.6) is 5.75 Å². The number of benzene rings is 1. The van der Waals surface area contributed by atoms with Gasteiger partial charge in [0.15, 0.2) is 0 Å². The predicted molar refractivity (Wildman–Crippen MR) is 74.9 cm³/mol. The van der Waals surface area contributed by atoms with Crippen molar-refractivity contribution in [3.8, 4) is 17.2 Å². The molecular formula is C14H17N3O3. The van der Waals surface area contributed by atoms with Crippen molar-refractivity contribution in [1.82, 2.24) is 10.2 Å². The molecule has 0 unspecified atom stereocenters. The Morgan fingerprint density at radius 1 is 1.35 bits per heavy atom. The van der Waals surface area contributed by atoms with Crippen LogP contribution in [0.25, 0.3) is 11.5 Å². The van der Waals surface area contributed by atoms with Crippen LogP contribution in [-0.2, 0) is 4.79 Å². The van der Waals surface area contributed by atoms with Gasteiger partial charge in [-0.3, -0.25) is 0 Å². The van der Waals surface area contributed by atoms with Crippen LogP contribution < -0.4 is 10.1 Å². The van der Waals surface area contributed by atoms with E-state index in [0.29, 0.717) is 30.6 Å². The van der Waals surface area contributed by atoms with E-state index in [0.717, 1.165) is 23.1 Å². The lowest BCUT2D eigenvalue weighted by molar-refractivity contribution is -0.108. The van der Waals surface area contributed by atoms with E-state index < -0.39 is 0 Å². The summed E-state index contributed by atoms with van der Waals surface area (Å²) in [6, 6.07) is 3.80. The van der Waals surface area contributed by atoms with Crippen molar-refractivity contribution in [3.63, 3.8) is 0 Å². The summed E-state index contributed by atoms with van der Waals surface area (Å²) in [6.45, 7) is 4.05. The number of aromatic nitrogens is 2. The molecule has 6 heteroatoms. The van der Waals surface area contributed by atoms with E-state index in [4.69, 9.17) is 9.15 Å². The second kappa shape index (κ2) is 6.18. The predicted octanol–water partition coefficient (Wildman–Crippen LogP) is 2.36. The Morgan fingerprint density at radius 3 is 2.75 bits per heavy atom. The molecule has 0 aliphatic carbocycles. The van der Waals surface area contributed by atoms with Crippen molar-refractivity contribution >= 4 is 12.0 Å². The van der Waals surface area contributed by atoms with Crippen LogP contribution >= 0.6 is 0 Å². The monoisotopic (exact) mass is 275 g/mol. The molecule has 2 rings (SSSR count). The lowest BCUT2D eigenvalue weighted by atomic mass is 10.1. The maximum absolute atomic E-state index is 10.3. The molecule has 2 aromatic rings. The number of carbonyl (C=O) groups is 1. The molecule has 6 nitrogen and oxygen atoms in total. The van der Waals surface area contributed by atoms with Crippen molar-refractivity contribution < 1.29 is 13.9 Å². The highest BCUT2D eigenvalue weighted by molar-refractivity contribution is 5.70. The number of ether oxygens (including phenoxy) is 1. The van der Waals surface area contributed by atoms with Gasteiger partial charge in [0, 0.05) is 26.0 Å². The molecule has 0 aliphatic heterocycles. The summed E-state index contributed by atoms with van der Waals surface area (Å²) in [5.41, 5.74) is 2.64. The molecule has 0 amide bonds. The molecule has 106 valence electrons. The molecule has 20 heavy (non-hydrogen) atoms. The molecule has 1 aromatic heterocycles. The highest BCUT2D eigenvalue weighted by Gasteiger charge is 2.13. The summed E-state index contributed by atoms with van der Waals surface area (Å²) >= 11 is 0. The van der Waals surface area contributed by atoms with Gasteiger partial charge in [0.1, 0.15) is 12.0 Å². The van der Waals surface area contributed by atoms with E-state index in [1.54, 1.807) is 14.0 Å². The molecule has 0 saturated heterocycles. The number of nitrogens with one attached hydrogen (secondary N) is 1. The fourth-order valence-electron chi connectivity index (χ4n) is 1.85. The molecular weight excluding hydrogens is 258 g/mol. The maximum Gasteiger partial charge on any atom is 0.248 e. The molecule has 0 atom stereocenters. The van der Waals surface area contributed by atoms with E-state index in [1.807, 2.05) is 19.1 Å². The Labute approximate surface area is 117 Å². The van der Waals surface area contributed by atoms with E-state index >= 15 is 0 Å². The van der Waals surface area contributed by atoms with Crippen molar-refractivity contribution in [2.75, 3.05) is 19.0 Å². The fourth-order valence-corrected chi connectivity index (χ4v) is 1.85. The zero-order valence-corrected chi connectivity index (χ0v) is 11.8. The highest BCUT2D eigenvalue weighted by atomic mass is 16.5. The zero-order valence-electron chi connectivity index (χ0n) is 11.8. The molecule has 0 saturated carbocycles. The Kier molecular flexibility index (Phi) is 4.34. The molecule has 0 fully saturated rings. The van der Waals surface area contributed by atoms with Crippen LogP contribution in [0, 0.1) is 13.8 Å². The van der Waals surface area contributed by atoms with E-state index in [2.05, 4.69) is 15.5 Å². The van der Waals surface area contributed by atoms with Crippen molar-refractivity contribution in [2.45, 2.75) is 20.3 Å². The number of hydrogen-bond donors (Lipinski definition) is 1. The van der Waals surface area contributed by atoms with Crippen LogP contribution in [0.15, 0.2) is 16.5 Å². The molecule has 0 aliphatic rings. The summed E-state index contributed by atoms with van der Waals surface area (Å²) in [4.78, 5) is 10.3. The molecule has 0 bridgehead atoms. The van der Waals surface area contributed by atoms with Gasteiger partial charge in [0.2, 0.25) is 11.8 Å². The van der Waals surface area contributed by atoms with Gasteiger partial charge < -0.3 is 19.3 Å². The second-order valence-electron chi connectivity index (χ2n) is 4.34. The minimum atomic E-state index is 0.358. The van der Waals surface area contributed by atoms with Gasteiger partial charge in [0.05, 0.1) is 12.3 Å². The Bertz CT molecular complexity index is 608. The number of hydrogen-bond acceptors (Lipinski definition) is 6. The molecule has 1 N–H and O–H groups in total. The van der Waals surface area contributed by atoms with Gasteiger partial charge in [0.25, 0.3) is 0 Å². The quantitative estimate of drug-likeness (QED) is 0.644. The van der Waals surface area contributed by atoms with Crippen molar-refractivity contribution in [2.24, 2.45) is 0 Å². The summed E-state index contributed by atoms with van der Waals surface area (Å²) in [5.74, 6) is 1.71. The van der Waals surface area contributed by atoms with E-state index in [-0.39, 0.29) is 0 Å². The molecule has 0 spiro atoms. The first kappa shape index (κ1) is 14.0. The van der Waals surface area contributed by atoms with Gasteiger partial charge in [-0.1, -0.05) is 0 Å². The third-order valence-corrected chi connectivity index (χ3v) is 2.85. The third kappa shape index (κ3) is 2.96. The van der Waals surface area contributed by atoms with Crippen molar-refractivity contribution in [3.05, 3.63) is 23.6 Å². The molecule has 1 aromatic carbocycles. The average molecular weight is 275 g/mol. The fraction of sp³-hybridized carbons (Fsp3) is 0.357. The third-order valence-electron chi connectivity index (χ3n) is 2.85. The average Bonchev–Trinajstić information content (AvgIpc) is 2.86. The first-order valence-electron chi connectivity index (χ1n) is 6.35. The van der Waals surface area contributed by atoms with Crippen molar-refractivity contribution in [1.29, 1.82) is 0 Å². The number of carbonyl (C=O) groups excluding carboxylic acids is 1. The van der Waals surface area contributed by atoms with Crippen LogP contribution in [0.4, 0.5) is 5.69 Å². The summed E-state index contributed by atoms with van der Waals surface area (Å²) in [5, 5.41) is 10.9. The lowest BCUT2D eigenvalue weighted by Crippen LogP contribution is -2.02. The minimum absolute atomic E-state index is 0.358. The van der Waals surface area contributed by atoms with E-state index in [9.17, 15) is 4.79 Å².